The predicted octanol–water partition coefficient (Wildman–Crippen LogP) is 2.62. The van der Waals surface area contributed by atoms with Crippen LogP contribution in [0, 0.1) is 5.41 Å². The van der Waals surface area contributed by atoms with E-state index in [0.717, 1.165) is 10.8 Å². The fourth-order valence-electron chi connectivity index (χ4n) is 0.602. The second-order valence-electron chi connectivity index (χ2n) is 3.82. The van der Waals surface area contributed by atoms with Crippen LogP contribution in [0.5, 0.6) is 0 Å². The summed E-state index contributed by atoms with van der Waals surface area (Å²) in [7, 11) is 0.884. The van der Waals surface area contributed by atoms with Crippen LogP contribution in [0.2, 0.25) is 0 Å². The Balaban J connectivity index is 4.43. The average molecular weight is 247 g/mol. The second-order valence-corrected chi connectivity index (χ2v) is 5.14. The van der Waals surface area contributed by atoms with Gasteiger partial charge in [-0.15, -0.1) is 11.7 Å². The first kappa shape index (κ1) is 14.0. The van der Waals surface area contributed by atoms with Gasteiger partial charge in [0.2, 0.25) is 0 Å². The summed E-state index contributed by atoms with van der Waals surface area (Å²) in [4.78, 5) is 10.6. The van der Waals surface area contributed by atoms with E-state index in [4.69, 9.17) is 0 Å². The largest absolute Gasteiger partial charge is 0.471 e. The molecule has 1 amide bonds. The number of nitrogens with one attached hydrogen (secondary N) is 1. The van der Waals surface area contributed by atoms with Gasteiger partial charge in [-0.3, -0.25) is 4.79 Å². The molecule has 0 aromatic rings. The fraction of sp³-hybridized carbons (Fsp3) is 0.857. The zero-order valence-corrected chi connectivity index (χ0v) is 9.69. The molecule has 1 atom stereocenters. The highest BCUT2D eigenvalue weighted by molar-refractivity contribution is 8.68. The van der Waals surface area contributed by atoms with Crippen molar-refractivity contribution in [3.05, 3.63) is 0 Å². The van der Waals surface area contributed by atoms with Crippen LogP contribution in [-0.4, -0.2) is 17.5 Å². The predicted molar refractivity (Wildman–Crippen MR) is 54.0 cm³/mol. The summed E-state index contributed by atoms with van der Waals surface area (Å²) >= 11 is 3.81. The summed E-state index contributed by atoms with van der Waals surface area (Å²) in [5.74, 6) is -1.93. The number of thiol groups is 1. The van der Waals surface area contributed by atoms with Gasteiger partial charge in [0.1, 0.15) is 0 Å². The molecule has 0 aliphatic heterocycles. The Morgan fingerprint density at radius 3 is 2.00 bits per heavy atom. The van der Waals surface area contributed by atoms with Crippen molar-refractivity contribution in [1.29, 1.82) is 0 Å². The van der Waals surface area contributed by atoms with Gasteiger partial charge in [0.15, 0.2) is 0 Å². The van der Waals surface area contributed by atoms with Crippen LogP contribution < -0.4 is 5.32 Å². The van der Waals surface area contributed by atoms with E-state index < -0.39 is 22.9 Å². The molecule has 0 aliphatic carbocycles. The van der Waals surface area contributed by atoms with Gasteiger partial charge in [0.25, 0.3) is 0 Å². The molecule has 0 bridgehead atoms. The Bertz CT molecular complexity index is 212. The van der Waals surface area contributed by atoms with Crippen molar-refractivity contribution >= 4 is 28.4 Å². The van der Waals surface area contributed by atoms with Crippen LogP contribution >= 0.6 is 22.5 Å². The Kier molecular flexibility index (Phi) is 4.64. The van der Waals surface area contributed by atoms with Crippen LogP contribution in [0.25, 0.3) is 0 Å². The molecule has 14 heavy (non-hydrogen) atoms. The van der Waals surface area contributed by atoms with Crippen molar-refractivity contribution in [2.24, 2.45) is 5.41 Å². The molecule has 0 aromatic carbocycles. The highest BCUT2D eigenvalue weighted by Gasteiger charge is 2.41. The number of hydrogen-bond acceptors (Lipinski definition) is 3. The van der Waals surface area contributed by atoms with Gasteiger partial charge in [0, 0.05) is 0 Å². The molecule has 0 fully saturated rings. The average Bonchev–Trinajstić information content (AvgIpc) is 1.95. The molecule has 2 nitrogen and oxygen atoms in total. The van der Waals surface area contributed by atoms with E-state index in [-0.39, 0.29) is 0 Å². The van der Waals surface area contributed by atoms with Crippen molar-refractivity contribution < 1.29 is 18.0 Å². The topological polar surface area (TPSA) is 29.1 Å². The van der Waals surface area contributed by atoms with E-state index in [2.05, 4.69) is 11.7 Å². The van der Waals surface area contributed by atoms with E-state index in [1.807, 2.05) is 5.32 Å². The van der Waals surface area contributed by atoms with E-state index in [1.165, 1.54) is 0 Å². The molecular weight excluding hydrogens is 235 g/mol. The maximum atomic E-state index is 11.9. The van der Waals surface area contributed by atoms with Crippen molar-refractivity contribution in [2.45, 2.75) is 32.3 Å². The Morgan fingerprint density at radius 1 is 1.36 bits per heavy atom. The molecule has 0 radical (unpaired) electrons. The summed E-state index contributed by atoms with van der Waals surface area (Å²) in [5.41, 5.74) is -0.479. The van der Waals surface area contributed by atoms with E-state index >= 15 is 0 Å². The third kappa shape index (κ3) is 4.45. The Labute approximate surface area is 89.8 Å². The number of carbonyl (C=O) groups is 1. The molecule has 1 N–H and O–H groups in total. The lowest BCUT2D eigenvalue weighted by Gasteiger charge is -2.29. The van der Waals surface area contributed by atoms with Crippen LogP contribution in [-0.2, 0) is 4.79 Å². The minimum atomic E-state index is -4.84. The number of carbonyl (C=O) groups excluding carboxylic acids is 1. The molecular formula is C7H12F3NOS2. The molecule has 84 valence electrons. The molecule has 7 heteroatoms. The van der Waals surface area contributed by atoms with Gasteiger partial charge < -0.3 is 5.32 Å². The number of hydrogen-bond donors (Lipinski definition) is 2. The smallest absolute Gasteiger partial charge is 0.335 e. The van der Waals surface area contributed by atoms with Gasteiger partial charge in [-0.1, -0.05) is 31.6 Å². The standard InChI is InChI=1S/C7H12F3NOS2/c1-6(2,3)5(14-13)11-4(12)7(8,9)10/h5,13H,1-3H3,(H,11,12)/t5-/m0/s1. The van der Waals surface area contributed by atoms with Crippen molar-refractivity contribution in [2.75, 3.05) is 0 Å². The lowest BCUT2D eigenvalue weighted by Crippen LogP contribution is -2.46. The van der Waals surface area contributed by atoms with Gasteiger partial charge in [-0.05, 0) is 5.41 Å². The zero-order valence-electron chi connectivity index (χ0n) is 7.97. The molecule has 0 spiro atoms. The van der Waals surface area contributed by atoms with Crippen molar-refractivity contribution in [1.82, 2.24) is 5.32 Å². The minimum Gasteiger partial charge on any atom is -0.335 e. The normalized spacial score (nSPS) is 15.1. The van der Waals surface area contributed by atoms with Crippen molar-refractivity contribution in [3.63, 3.8) is 0 Å². The lowest BCUT2D eigenvalue weighted by atomic mass is 9.96. The SMILES string of the molecule is CC(C)(C)[C@@H](NC(=O)C(F)(F)F)SS. The molecule has 0 saturated carbocycles. The first-order chi connectivity index (χ1) is 6.09. The minimum absolute atomic E-state index is 0.479. The van der Waals surface area contributed by atoms with Crippen LogP contribution in [0.15, 0.2) is 0 Å². The van der Waals surface area contributed by atoms with Crippen LogP contribution in [0.4, 0.5) is 13.2 Å². The van der Waals surface area contributed by atoms with E-state index in [9.17, 15) is 18.0 Å². The number of alkyl halides is 3. The maximum absolute atomic E-state index is 11.9. The number of halogens is 3. The third-order valence-electron chi connectivity index (χ3n) is 1.41. The Hall–Kier alpha value is -0.0400. The molecule has 0 heterocycles. The van der Waals surface area contributed by atoms with Gasteiger partial charge >= 0.3 is 12.1 Å². The first-order valence-corrected chi connectivity index (χ1v) is 5.70. The first-order valence-electron chi connectivity index (χ1n) is 3.77. The summed E-state index contributed by atoms with van der Waals surface area (Å²) in [6.45, 7) is 5.16. The van der Waals surface area contributed by atoms with Crippen LogP contribution in [0.1, 0.15) is 20.8 Å². The second kappa shape index (κ2) is 4.65. The van der Waals surface area contributed by atoms with Crippen molar-refractivity contribution in [3.8, 4) is 0 Å². The maximum Gasteiger partial charge on any atom is 0.471 e. The molecule has 0 aliphatic rings. The van der Waals surface area contributed by atoms with Gasteiger partial charge in [-0.2, -0.15) is 13.2 Å². The molecule has 0 aromatic heterocycles. The molecule has 0 unspecified atom stereocenters. The zero-order chi connectivity index (χ0) is 11.6. The molecule has 0 saturated heterocycles. The van der Waals surface area contributed by atoms with E-state index in [0.29, 0.717) is 0 Å². The highest BCUT2D eigenvalue weighted by atomic mass is 33.1. The third-order valence-corrected chi connectivity index (χ3v) is 3.08. The summed E-state index contributed by atoms with van der Waals surface area (Å²) in [6.07, 6.45) is -4.84. The van der Waals surface area contributed by atoms with Gasteiger partial charge in [0.05, 0.1) is 5.37 Å². The lowest BCUT2D eigenvalue weighted by molar-refractivity contribution is -0.174. The number of amides is 1. The van der Waals surface area contributed by atoms with Gasteiger partial charge in [-0.25, -0.2) is 0 Å². The highest BCUT2D eigenvalue weighted by Crippen LogP contribution is 2.31. The quantitative estimate of drug-likeness (QED) is 0.446. The summed E-state index contributed by atoms with van der Waals surface area (Å²) in [6, 6.07) is 0. The van der Waals surface area contributed by atoms with E-state index in [1.54, 1.807) is 20.8 Å². The van der Waals surface area contributed by atoms with Crippen LogP contribution in [0.3, 0.4) is 0 Å². The monoisotopic (exact) mass is 247 g/mol. The fourth-order valence-corrected chi connectivity index (χ4v) is 2.18. The molecule has 0 rings (SSSR count). The number of rotatable bonds is 2. The Morgan fingerprint density at radius 2 is 1.79 bits per heavy atom. The summed E-state index contributed by atoms with van der Waals surface area (Å²) in [5, 5.41) is 1.19. The summed E-state index contributed by atoms with van der Waals surface area (Å²) < 4.78 is 35.7.